The molecule has 96 valence electrons. The average Bonchev–Trinajstić information content (AvgIpc) is 2.28. The van der Waals surface area contributed by atoms with Crippen LogP contribution in [0.25, 0.3) is 0 Å². The fourth-order valence-electron chi connectivity index (χ4n) is 2.04. The van der Waals surface area contributed by atoms with Gasteiger partial charge in [0.1, 0.15) is 0 Å². The largest absolute Gasteiger partial charge is 0.325 e. The molecule has 3 nitrogen and oxygen atoms in total. The summed E-state index contributed by atoms with van der Waals surface area (Å²) >= 11 is 0. The molecule has 0 saturated carbocycles. The summed E-state index contributed by atoms with van der Waals surface area (Å²) in [5.74, 6) is 0.740. The summed E-state index contributed by atoms with van der Waals surface area (Å²) in [7, 11) is 2.18. The highest BCUT2D eigenvalue weighted by Crippen LogP contribution is 2.13. The van der Waals surface area contributed by atoms with E-state index in [1.54, 1.807) is 0 Å². The van der Waals surface area contributed by atoms with E-state index in [0.29, 0.717) is 12.6 Å². The monoisotopic (exact) mass is 235 g/mol. The molecule has 17 heavy (non-hydrogen) atoms. The first-order valence-electron chi connectivity index (χ1n) is 6.37. The van der Waals surface area contributed by atoms with Crippen LogP contribution >= 0.6 is 0 Å². The van der Waals surface area contributed by atoms with Gasteiger partial charge in [-0.25, -0.2) is 0 Å². The van der Waals surface area contributed by atoms with Crippen molar-refractivity contribution in [3.8, 4) is 0 Å². The molecule has 1 aromatic rings. The van der Waals surface area contributed by atoms with Crippen molar-refractivity contribution in [2.45, 2.75) is 46.3 Å². The fraction of sp³-hybridized carbons (Fsp3) is 0.643. The number of nitrogens with two attached hydrogens (primary N) is 1. The second-order valence-corrected chi connectivity index (χ2v) is 5.25. The molecule has 0 spiro atoms. The van der Waals surface area contributed by atoms with E-state index < -0.39 is 0 Å². The Morgan fingerprint density at radius 3 is 2.65 bits per heavy atom. The summed E-state index contributed by atoms with van der Waals surface area (Å²) in [6.07, 6.45) is 3.07. The molecule has 0 radical (unpaired) electrons. The lowest BCUT2D eigenvalue weighted by molar-refractivity contribution is 0.220. The van der Waals surface area contributed by atoms with Gasteiger partial charge in [-0.3, -0.25) is 9.88 Å². The quantitative estimate of drug-likeness (QED) is 0.823. The van der Waals surface area contributed by atoms with Crippen LogP contribution in [0.2, 0.25) is 0 Å². The highest BCUT2D eigenvalue weighted by Gasteiger charge is 2.11. The number of aromatic nitrogens is 1. The second kappa shape index (κ2) is 6.72. The minimum atomic E-state index is 0.513. The number of hydrogen-bond acceptors (Lipinski definition) is 3. The first kappa shape index (κ1) is 14.1. The minimum Gasteiger partial charge on any atom is -0.325 e. The highest BCUT2D eigenvalue weighted by molar-refractivity contribution is 5.16. The maximum Gasteiger partial charge on any atom is 0.0542 e. The molecule has 0 aliphatic carbocycles. The standard InChI is InChI=1S/C14H25N3/c1-11(2)7-12(3)17(4)10-13-5-6-16-14(8-13)9-15/h5-6,8,11-12H,7,9-10,15H2,1-4H3. The zero-order valence-electron chi connectivity index (χ0n) is 11.5. The van der Waals surface area contributed by atoms with E-state index in [0.717, 1.165) is 18.2 Å². The van der Waals surface area contributed by atoms with Gasteiger partial charge >= 0.3 is 0 Å². The van der Waals surface area contributed by atoms with Crippen molar-refractivity contribution in [1.82, 2.24) is 9.88 Å². The number of hydrogen-bond donors (Lipinski definition) is 1. The normalized spacial score (nSPS) is 13.4. The van der Waals surface area contributed by atoms with Crippen molar-refractivity contribution in [3.63, 3.8) is 0 Å². The fourth-order valence-corrected chi connectivity index (χ4v) is 2.04. The molecule has 1 heterocycles. The van der Waals surface area contributed by atoms with E-state index in [1.807, 2.05) is 6.20 Å². The van der Waals surface area contributed by atoms with Crippen LogP contribution in [0.1, 0.15) is 38.4 Å². The molecule has 1 unspecified atom stereocenters. The Morgan fingerprint density at radius 1 is 1.35 bits per heavy atom. The predicted octanol–water partition coefficient (Wildman–Crippen LogP) is 2.41. The average molecular weight is 235 g/mol. The molecule has 0 aromatic carbocycles. The van der Waals surface area contributed by atoms with Crippen LogP contribution in [-0.4, -0.2) is 23.0 Å². The van der Waals surface area contributed by atoms with Gasteiger partial charge in [0.15, 0.2) is 0 Å². The van der Waals surface area contributed by atoms with E-state index in [-0.39, 0.29) is 0 Å². The van der Waals surface area contributed by atoms with Crippen molar-refractivity contribution in [2.75, 3.05) is 7.05 Å². The van der Waals surface area contributed by atoms with E-state index in [4.69, 9.17) is 5.73 Å². The van der Waals surface area contributed by atoms with Crippen LogP contribution in [0.4, 0.5) is 0 Å². The Kier molecular flexibility index (Phi) is 5.59. The van der Waals surface area contributed by atoms with Gasteiger partial charge in [0.25, 0.3) is 0 Å². The number of rotatable bonds is 6. The molecule has 3 heteroatoms. The molecular formula is C14H25N3. The molecule has 0 amide bonds. The van der Waals surface area contributed by atoms with Crippen LogP contribution in [0, 0.1) is 5.92 Å². The molecule has 1 atom stereocenters. The Hall–Kier alpha value is -0.930. The van der Waals surface area contributed by atoms with Crippen LogP contribution in [0.3, 0.4) is 0 Å². The van der Waals surface area contributed by atoms with Crippen LogP contribution in [0.15, 0.2) is 18.3 Å². The van der Waals surface area contributed by atoms with Gasteiger partial charge in [0.2, 0.25) is 0 Å². The van der Waals surface area contributed by atoms with E-state index in [2.05, 4.69) is 49.8 Å². The van der Waals surface area contributed by atoms with E-state index in [1.165, 1.54) is 12.0 Å². The zero-order chi connectivity index (χ0) is 12.8. The van der Waals surface area contributed by atoms with Crippen molar-refractivity contribution >= 4 is 0 Å². The third-order valence-electron chi connectivity index (χ3n) is 3.09. The maximum absolute atomic E-state index is 5.60. The SMILES string of the molecule is CC(C)CC(C)N(C)Cc1ccnc(CN)c1. The first-order valence-corrected chi connectivity index (χ1v) is 6.37. The second-order valence-electron chi connectivity index (χ2n) is 5.25. The highest BCUT2D eigenvalue weighted by atomic mass is 15.1. The summed E-state index contributed by atoms with van der Waals surface area (Å²) in [5.41, 5.74) is 7.85. The predicted molar refractivity (Wildman–Crippen MR) is 72.5 cm³/mol. The maximum atomic E-state index is 5.60. The van der Waals surface area contributed by atoms with Crippen LogP contribution in [-0.2, 0) is 13.1 Å². The summed E-state index contributed by atoms with van der Waals surface area (Å²) in [6.45, 7) is 8.29. The summed E-state index contributed by atoms with van der Waals surface area (Å²) in [4.78, 5) is 6.60. The molecule has 0 bridgehead atoms. The first-order chi connectivity index (χ1) is 8.02. The van der Waals surface area contributed by atoms with E-state index >= 15 is 0 Å². The number of pyridine rings is 1. The van der Waals surface area contributed by atoms with Gasteiger partial charge in [-0.05, 0) is 44.0 Å². The van der Waals surface area contributed by atoms with Crippen LogP contribution in [0.5, 0.6) is 0 Å². The lowest BCUT2D eigenvalue weighted by atomic mass is 10.0. The van der Waals surface area contributed by atoms with Gasteiger partial charge in [-0.1, -0.05) is 13.8 Å². The van der Waals surface area contributed by atoms with Crippen molar-refractivity contribution in [1.29, 1.82) is 0 Å². The summed E-state index contributed by atoms with van der Waals surface area (Å²) in [6, 6.07) is 4.76. The molecule has 0 fully saturated rings. The van der Waals surface area contributed by atoms with Gasteiger partial charge in [-0.15, -0.1) is 0 Å². The number of nitrogens with zero attached hydrogens (tertiary/aromatic N) is 2. The van der Waals surface area contributed by atoms with Gasteiger partial charge < -0.3 is 5.73 Å². The van der Waals surface area contributed by atoms with Crippen molar-refractivity contribution in [2.24, 2.45) is 11.7 Å². The molecule has 0 aliphatic rings. The van der Waals surface area contributed by atoms with Crippen LogP contribution < -0.4 is 5.73 Å². The zero-order valence-corrected chi connectivity index (χ0v) is 11.5. The topological polar surface area (TPSA) is 42.2 Å². The molecular weight excluding hydrogens is 210 g/mol. The minimum absolute atomic E-state index is 0.513. The molecule has 0 saturated heterocycles. The third-order valence-corrected chi connectivity index (χ3v) is 3.09. The molecule has 2 N–H and O–H groups in total. The van der Waals surface area contributed by atoms with Gasteiger partial charge in [-0.2, -0.15) is 0 Å². The van der Waals surface area contributed by atoms with Crippen molar-refractivity contribution in [3.05, 3.63) is 29.6 Å². The summed E-state index contributed by atoms with van der Waals surface area (Å²) in [5, 5.41) is 0. The Morgan fingerprint density at radius 2 is 2.06 bits per heavy atom. The van der Waals surface area contributed by atoms with Gasteiger partial charge in [0, 0.05) is 25.3 Å². The lowest BCUT2D eigenvalue weighted by Gasteiger charge is -2.26. The Bertz CT molecular complexity index is 336. The smallest absolute Gasteiger partial charge is 0.0542 e. The summed E-state index contributed by atoms with van der Waals surface area (Å²) < 4.78 is 0. The van der Waals surface area contributed by atoms with E-state index in [9.17, 15) is 0 Å². The molecule has 1 rings (SSSR count). The van der Waals surface area contributed by atoms with Gasteiger partial charge in [0.05, 0.1) is 5.69 Å². The van der Waals surface area contributed by atoms with Crippen molar-refractivity contribution < 1.29 is 0 Å². The third kappa shape index (κ3) is 4.84. The lowest BCUT2D eigenvalue weighted by Crippen LogP contribution is -2.29. The Labute approximate surface area is 105 Å². The Balaban J connectivity index is 2.57. The molecule has 0 aliphatic heterocycles. The molecule has 1 aromatic heterocycles.